The molecule has 0 saturated carbocycles. The number of nitrogens with one attached hydrogen (secondary N) is 1. The molecule has 162 valence electrons. The minimum Gasteiger partial charge on any atom is -0.481 e. The van der Waals surface area contributed by atoms with Crippen LogP contribution in [0.4, 0.5) is 16.5 Å². The Labute approximate surface area is 174 Å². The first-order valence-corrected chi connectivity index (χ1v) is 9.92. The molecule has 1 aliphatic rings. The zero-order chi connectivity index (χ0) is 21.7. The molecule has 10 heteroatoms. The van der Waals surface area contributed by atoms with E-state index in [0.29, 0.717) is 30.1 Å². The lowest BCUT2D eigenvalue weighted by atomic mass is 9.93. The van der Waals surface area contributed by atoms with Crippen molar-refractivity contribution in [1.82, 2.24) is 9.97 Å². The Morgan fingerprint density at radius 3 is 2.63 bits per heavy atom. The highest BCUT2D eigenvalue weighted by molar-refractivity contribution is 5.90. The molecule has 1 amide bonds. The van der Waals surface area contributed by atoms with Gasteiger partial charge in [0.1, 0.15) is 6.26 Å². The number of methoxy groups -OCH3 is 1. The smallest absolute Gasteiger partial charge is 0.414 e. The van der Waals surface area contributed by atoms with Gasteiger partial charge in [-0.2, -0.15) is 4.98 Å². The van der Waals surface area contributed by atoms with Crippen molar-refractivity contribution in [1.29, 1.82) is 0 Å². The molecule has 2 atom stereocenters. The van der Waals surface area contributed by atoms with Crippen LogP contribution >= 0.6 is 0 Å². The van der Waals surface area contributed by atoms with Gasteiger partial charge >= 0.3 is 12.1 Å². The lowest BCUT2D eigenvalue weighted by Gasteiger charge is -2.39. The van der Waals surface area contributed by atoms with Crippen LogP contribution in [0.3, 0.4) is 0 Å². The summed E-state index contributed by atoms with van der Waals surface area (Å²) in [4.78, 5) is 34.8. The van der Waals surface area contributed by atoms with Crippen LogP contribution in [0.2, 0.25) is 0 Å². The first-order valence-electron chi connectivity index (χ1n) is 9.92. The first-order chi connectivity index (χ1) is 14.5. The summed E-state index contributed by atoms with van der Waals surface area (Å²) >= 11 is 0. The molecule has 10 nitrogen and oxygen atoms in total. The van der Waals surface area contributed by atoms with Crippen molar-refractivity contribution in [2.24, 2.45) is 0 Å². The number of hydrogen-bond donors (Lipinski definition) is 1. The largest absolute Gasteiger partial charge is 0.481 e. The minimum absolute atomic E-state index is 0.0779. The molecular weight excluding hydrogens is 392 g/mol. The monoisotopic (exact) mass is 418 g/mol. The third-order valence-electron chi connectivity index (χ3n) is 4.77. The quantitative estimate of drug-likeness (QED) is 0.674. The molecule has 0 saturated heterocycles. The molecule has 0 fully saturated rings. The molecule has 0 radical (unpaired) electrons. The van der Waals surface area contributed by atoms with E-state index < -0.39 is 12.1 Å². The van der Waals surface area contributed by atoms with Crippen LogP contribution in [-0.4, -0.2) is 48.4 Å². The molecule has 3 rings (SSSR count). The Morgan fingerprint density at radius 1 is 1.20 bits per heavy atom. The predicted octanol–water partition coefficient (Wildman–Crippen LogP) is 3.55. The van der Waals surface area contributed by atoms with Crippen molar-refractivity contribution in [3.8, 4) is 5.88 Å². The summed E-state index contributed by atoms with van der Waals surface area (Å²) in [6.45, 7) is 6.01. The Kier molecular flexibility index (Phi) is 6.76. The van der Waals surface area contributed by atoms with Crippen molar-refractivity contribution >= 4 is 23.8 Å². The summed E-state index contributed by atoms with van der Waals surface area (Å²) in [5.41, 5.74) is 1.30. The van der Waals surface area contributed by atoms with Crippen LogP contribution in [0.25, 0.3) is 0 Å². The van der Waals surface area contributed by atoms with E-state index in [9.17, 15) is 9.59 Å². The number of hydrogen-bond acceptors (Lipinski definition) is 9. The van der Waals surface area contributed by atoms with E-state index in [0.717, 1.165) is 0 Å². The van der Waals surface area contributed by atoms with Gasteiger partial charge in [-0.25, -0.2) is 14.6 Å². The van der Waals surface area contributed by atoms with Crippen molar-refractivity contribution in [2.75, 3.05) is 30.5 Å². The number of pyridine rings is 1. The molecule has 2 aromatic heterocycles. The van der Waals surface area contributed by atoms with Gasteiger partial charge in [0.2, 0.25) is 5.88 Å². The average Bonchev–Trinajstić information content (AvgIpc) is 3.22. The van der Waals surface area contributed by atoms with Gasteiger partial charge in [0.05, 0.1) is 37.7 Å². The summed E-state index contributed by atoms with van der Waals surface area (Å²) < 4.78 is 20.9. The molecular formula is C20H26N4O6. The van der Waals surface area contributed by atoms with E-state index in [1.165, 1.54) is 13.4 Å². The van der Waals surface area contributed by atoms with E-state index >= 15 is 0 Å². The maximum atomic E-state index is 12.6. The Morgan fingerprint density at radius 2 is 1.97 bits per heavy atom. The first kappa shape index (κ1) is 21.4. The minimum atomic E-state index is -0.557. The fourth-order valence-electron chi connectivity index (χ4n) is 3.41. The number of carbonyl (C=O) groups is 2. The summed E-state index contributed by atoms with van der Waals surface area (Å²) in [6.07, 6.45) is 2.07. The van der Waals surface area contributed by atoms with E-state index in [1.54, 1.807) is 30.9 Å². The second-order valence-corrected chi connectivity index (χ2v) is 6.58. The van der Waals surface area contributed by atoms with Crippen molar-refractivity contribution in [3.63, 3.8) is 0 Å². The molecule has 2 aromatic rings. The van der Waals surface area contributed by atoms with Crippen LogP contribution in [0.1, 0.15) is 55.8 Å². The number of esters is 1. The SMILES string of the molecule is CCOC(=O)c1coc(NC2CC(CC)N(C(=O)OCC)c3ccc(OC)nc32)n1. The normalized spacial score (nSPS) is 17.8. The molecule has 0 aliphatic carbocycles. The highest BCUT2D eigenvalue weighted by Crippen LogP contribution is 2.40. The number of nitrogens with zero attached hydrogens (tertiary/aromatic N) is 3. The third kappa shape index (κ3) is 4.32. The number of rotatable bonds is 7. The molecule has 0 bridgehead atoms. The number of amides is 1. The number of fused-ring (bicyclic) bond motifs is 1. The number of carbonyl (C=O) groups excluding carboxylic acids is 2. The molecule has 30 heavy (non-hydrogen) atoms. The molecule has 1 aliphatic heterocycles. The van der Waals surface area contributed by atoms with Gasteiger partial charge in [0.25, 0.3) is 6.01 Å². The summed E-state index contributed by atoms with van der Waals surface area (Å²) in [5.74, 6) is -0.142. The van der Waals surface area contributed by atoms with Gasteiger partial charge in [-0.15, -0.1) is 0 Å². The topological polar surface area (TPSA) is 116 Å². The third-order valence-corrected chi connectivity index (χ3v) is 4.77. The van der Waals surface area contributed by atoms with E-state index in [2.05, 4.69) is 15.3 Å². The second kappa shape index (κ2) is 9.47. The van der Waals surface area contributed by atoms with Crippen LogP contribution in [-0.2, 0) is 9.47 Å². The van der Waals surface area contributed by atoms with Crippen molar-refractivity contribution in [3.05, 3.63) is 29.8 Å². The van der Waals surface area contributed by atoms with Crippen LogP contribution < -0.4 is 15.0 Å². The Balaban J connectivity index is 1.94. The standard InChI is InChI=1S/C20H26N4O6/c1-5-12-10-13(21-19-22-14(11-30-19)18(25)28-6-2)17-15(8-9-16(23-17)27-4)24(12)20(26)29-7-3/h8-9,11-13H,5-7,10H2,1-4H3,(H,21,22). The van der Waals surface area contributed by atoms with Gasteiger partial charge in [0.15, 0.2) is 5.69 Å². The molecule has 0 aromatic carbocycles. The summed E-state index contributed by atoms with van der Waals surface area (Å²) in [5, 5.41) is 3.18. The zero-order valence-electron chi connectivity index (χ0n) is 17.5. The molecule has 3 heterocycles. The molecule has 0 spiro atoms. The fourth-order valence-corrected chi connectivity index (χ4v) is 3.41. The summed E-state index contributed by atoms with van der Waals surface area (Å²) in [7, 11) is 1.53. The lowest BCUT2D eigenvalue weighted by molar-refractivity contribution is 0.0519. The van der Waals surface area contributed by atoms with Crippen LogP contribution in [0.5, 0.6) is 5.88 Å². The number of aromatic nitrogens is 2. The van der Waals surface area contributed by atoms with Gasteiger partial charge < -0.3 is 23.9 Å². The predicted molar refractivity (Wildman–Crippen MR) is 108 cm³/mol. The van der Waals surface area contributed by atoms with Gasteiger partial charge in [0, 0.05) is 12.1 Å². The highest BCUT2D eigenvalue weighted by Gasteiger charge is 2.38. The van der Waals surface area contributed by atoms with E-state index in [1.807, 2.05) is 6.92 Å². The van der Waals surface area contributed by atoms with Crippen molar-refractivity contribution < 1.29 is 28.2 Å². The van der Waals surface area contributed by atoms with E-state index in [4.69, 9.17) is 18.6 Å². The number of oxazole rings is 1. The maximum absolute atomic E-state index is 12.6. The van der Waals surface area contributed by atoms with E-state index in [-0.39, 0.29) is 37.0 Å². The molecule has 1 N–H and O–H groups in total. The highest BCUT2D eigenvalue weighted by atomic mass is 16.6. The second-order valence-electron chi connectivity index (χ2n) is 6.58. The Hall–Kier alpha value is -3.30. The summed E-state index contributed by atoms with van der Waals surface area (Å²) in [6, 6.07) is 3.21. The van der Waals surface area contributed by atoms with Gasteiger partial charge in [-0.1, -0.05) is 6.92 Å². The zero-order valence-corrected chi connectivity index (χ0v) is 17.5. The average molecular weight is 418 g/mol. The van der Waals surface area contributed by atoms with Crippen LogP contribution in [0.15, 0.2) is 22.8 Å². The Bertz CT molecular complexity index is 899. The van der Waals surface area contributed by atoms with Crippen LogP contribution in [0, 0.1) is 0 Å². The lowest BCUT2D eigenvalue weighted by Crippen LogP contribution is -2.46. The number of ether oxygens (including phenoxy) is 3. The van der Waals surface area contributed by atoms with Crippen molar-refractivity contribution in [2.45, 2.75) is 45.7 Å². The maximum Gasteiger partial charge on any atom is 0.414 e. The number of anilines is 2. The van der Waals surface area contributed by atoms with Gasteiger partial charge in [-0.05, 0) is 32.8 Å². The fraction of sp³-hybridized carbons (Fsp3) is 0.500. The molecule has 2 unspecified atom stereocenters. The van der Waals surface area contributed by atoms with Gasteiger partial charge in [-0.3, -0.25) is 4.90 Å².